The van der Waals surface area contributed by atoms with Crippen LogP contribution in [0.5, 0.6) is 0 Å². The van der Waals surface area contributed by atoms with Gasteiger partial charge in [-0.15, -0.1) is 5.10 Å². The molecule has 7 nitrogen and oxygen atoms in total. The van der Waals surface area contributed by atoms with Gasteiger partial charge in [-0.2, -0.15) is 0 Å². The molecule has 8 heteroatoms. The maximum atomic E-state index is 13.8. The van der Waals surface area contributed by atoms with Crippen LogP contribution in [0.2, 0.25) is 0 Å². The van der Waals surface area contributed by atoms with Crippen molar-refractivity contribution in [2.24, 2.45) is 11.1 Å². The van der Waals surface area contributed by atoms with Crippen molar-refractivity contribution in [2.45, 2.75) is 26.8 Å². The van der Waals surface area contributed by atoms with E-state index in [4.69, 9.17) is 5.73 Å². The predicted octanol–water partition coefficient (Wildman–Crippen LogP) is 1.11. The largest absolute Gasteiger partial charge is 0.322 e. The number of benzene rings is 1. The fourth-order valence-electron chi connectivity index (χ4n) is 1.63. The summed E-state index contributed by atoms with van der Waals surface area (Å²) in [5.41, 5.74) is 5.99. The van der Waals surface area contributed by atoms with Crippen molar-refractivity contribution in [3.63, 3.8) is 0 Å². The summed E-state index contributed by atoms with van der Waals surface area (Å²) < 4.78 is 15.2. The lowest BCUT2D eigenvalue weighted by Crippen LogP contribution is -2.45. The van der Waals surface area contributed by atoms with E-state index < -0.39 is 23.2 Å². The first kappa shape index (κ1) is 15.0. The minimum atomic E-state index is -0.756. The van der Waals surface area contributed by atoms with E-state index in [0.717, 1.165) is 0 Å². The molecule has 0 aliphatic rings. The highest BCUT2D eigenvalue weighted by atomic mass is 19.1. The van der Waals surface area contributed by atoms with E-state index in [0.29, 0.717) is 5.69 Å². The number of nitrogens with zero attached hydrogens (tertiary/aromatic N) is 4. The lowest BCUT2D eigenvalue weighted by atomic mass is 9.87. The lowest BCUT2D eigenvalue weighted by Gasteiger charge is -2.25. The summed E-state index contributed by atoms with van der Waals surface area (Å²) in [6.45, 7) is 5.52. The molecule has 1 amide bonds. The molecular formula is C13H17FN6O. The van der Waals surface area contributed by atoms with Crippen LogP contribution in [0, 0.1) is 11.2 Å². The van der Waals surface area contributed by atoms with Crippen molar-refractivity contribution in [1.29, 1.82) is 0 Å². The maximum absolute atomic E-state index is 13.8. The van der Waals surface area contributed by atoms with Crippen LogP contribution in [0.15, 0.2) is 24.5 Å². The molecule has 2 rings (SSSR count). The summed E-state index contributed by atoms with van der Waals surface area (Å²) in [6, 6.07) is 3.42. The topological polar surface area (TPSA) is 98.7 Å². The Morgan fingerprint density at radius 2 is 2.14 bits per heavy atom. The maximum Gasteiger partial charge on any atom is 0.241 e. The smallest absolute Gasteiger partial charge is 0.241 e. The quantitative estimate of drug-likeness (QED) is 0.883. The van der Waals surface area contributed by atoms with E-state index in [9.17, 15) is 9.18 Å². The van der Waals surface area contributed by atoms with Gasteiger partial charge in [0.25, 0.3) is 0 Å². The van der Waals surface area contributed by atoms with Gasteiger partial charge in [0.15, 0.2) is 0 Å². The molecule has 0 aliphatic heterocycles. The molecule has 1 aromatic heterocycles. The Morgan fingerprint density at radius 1 is 1.43 bits per heavy atom. The second-order valence-electron chi connectivity index (χ2n) is 5.75. The number of nitrogens with one attached hydrogen (secondary N) is 1. The molecular weight excluding hydrogens is 275 g/mol. The summed E-state index contributed by atoms with van der Waals surface area (Å²) >= 11 is 0. The molecule has 0 aliphatic carbocycles. The number of rotatable bonds is 3. The number of hydrogen-bond donors (Lipinski definition) is 2. The number of tetrazole rings is 1. The van der Waals surface area contributed by atoms with Crippen molar-refractivity contribution in [3.05, 3.63) is 30.3 Å². The van der Waals surface area contributed by atoms with E-state index in [1.165, 1.54) is 29.2 Å². The van der Waals surface area contributed by atoms with E-state index in [1.54, 1.807) is 0 Å². The van der Waals surface area contributed by atoms with Crippen molar-refractivity contribution in [3.8, 4) is 5.69 Å². The minimum Gasteiger partial charge on any atom is -0.322 e. The molecule has 1 atom stereocenters. The van der Waals surface area contributed by atoms with Gasteiger partial charge in [0.05, 0.1) is 17.4 Å². The number of amides is 1. The predicted molar refractivity (Wildman–Crippen MR) is 75.2 cm³/mol. The van der Waals surface area contributed by atoms with Crippen molar-refractivity contribution in [2.75, 3.05) is 5.32 Å². The minimum absolute atomic E-state index is 0.0349. The molecule has 1 aromatic carbocycles. The number of carbonyl (C=O) groups is 1. The molecule has 0 spiro atoms. The lowest BCUT2D eigenvalue weighted by molar-refractivity contribution is -0.119. The summed E-state index contributed by atoms with van der Waals surface area (Å²) in [5, 5.41) is 13.2. The summed E-state index contributed by atoms with van der Waals surface area (Å²) in [6.07, 6.45) is 1.37. The second-order valence-corrected chi connectivity index (χ2v) is 5.75. The fraction of sp³-hybridized carbons (Fsp3) is 0.385. The number of halogens is 1. The first-order chi connectivity index (χ1) is 9.79. The van der Waals surface area contributed by atoms with Crippen LogP contribution >= 0.6 is 0 Å². The zero-order valence-electron chi connectivity index (χ0n) is 12.0. The zero-order chi connectivity index (χ0) is 15.6. The van der Waals surface area contributed by atoms with Crippen LogP contribution in [-0.4, -0.2) is 32.2 Å². The molecule has 3 N–H and O–H groups in total. The number of nitrogens with two attached hydrogens (primary N) is 1. The van der Waals surface area contributed by atoms with Gasteiger partial charge in [0, 0.05) is 0 Å². The van der Waals surface area contributed by atoms with Gasteiger partial charge in [-0.25, -0.2) is 9.07 Å². The summed E-state index contributed by atoms with van der Waals surface area (Å²) in [7, 11) is 0. The average molecular weight is 292 g/mol. The molecule has 0 bridgehead atoms. The van der Waals surface area contributed by atoms with Crippen molar-refractivity contribution < 1.29 is 9.18 Å². The molecule has 1 unspecified atom stereocenters. The molecule has 0 saturated heterocycles. The van der Waals surface area contributed by atoms with Gasteiger partial charge < -0.3 is 11.1 Å². The Kier molecular flexibility index (Phi) is 3.99. The Labute approximate surface area is 121 Å². The van der Waals surface area contributed by atoms with Gasteiger partial charge >= 0.3 is 0 Å². The molecule has 2 aromatic rings. The number of anilines is 1. The SMILES string of the molecule is CC(C)(C)C(N)C(=O)Nc1cc(-n2cnnn2)ccc1F. The van der Waals surface area contributed by atoms with E-state index in [2.05, 4.69) is 20.8 Å². The van der Waals surface area contributed by atoms with Crippen LogP contribution in [-0.2, 0) is 4.79 Å². The summed E-state index contributed by atoms with van der Waals surface area (Å²) in [4.78, 5) is 12.1. The Bertz CT molecular complexity index is 635. The van der Waals surface area contributed by atoms with Gasteiger partial charge in [0.2, 0.25) is 5.91 Å². The van der Waals surface area contributed by atoms with Crippen LogP contribution in [0.3, 0.4) is 0 Å². The monoisotopic (exact) mass is 292 g/mol. The standard InChI is InChI=1S/C13H17FN6O/c1-13(2,3)11(15)12(21)17-10-6-8(4-5-9(10)14)20-7-16-18-19-20/h4-7,11H,15H2,1-3H3,(H,17,21). The van der Waals surface area contributed by atoms with Crippen LogP contribution < -0.4 is 11.1 Å². The first-order valence-corrected chi connectivity index (χ1v) is 6.38. The summed E-state index contributed by atoms with van der Waals surface area (Å²) in [5.74, 6) is -1.00. The third-order valence-corrected chi connectivity index (χ3v) is 3.04. The number of carbonyl (C=O) groups excluding carboxylic acids is 1. The highest BCUT2D eigenvalue weighted by molar-refractivity contribution is 5.95. The Morgan fingerprint density at radius 3 is 2.71 bits per heavy atom. The van der Waals surface area contributed by atoms with Crippen LogP contribution in [0.1, 0.15) is 20.8 Å². The van der Waals surface area contributed by atoms with Gasteiger partial charge in [-0.3, -0.25) is 4.79 Å². The molecule has 0 radical (unpaired) electrons. The second kappa shape index (κ2) is 5.57. The fourth-order valence-corrected chi connectivity index (χ4v) is 1.63. The molecule has 112 valence electrons. The molecule has 0 fully saturated rings. The van der Waals surface area contributed by atoms with Crippen molar-refractivity contribution in [1.82, 2.24) is 20.2 Å². The molecule has 1 heterocycles. The third kappa shape index (κ3) is 3.40. The van der Waals surface area contributed by atoms with Gasteiger partial charge in [-0.1, -0.05) is 20.8 Å². The van der Waals surface area contributed by atoms with Gasteiger partial charge in [-0.05, 0) is 34.0 Å². The molecule has 0 saturated carbocycles. The van der Waals surface area contributed by atoms with E-state index >= 15 is 0 Å². The molecule has 21 heavy (non-hydrogen) atoms. The van der Waals surface area contributed by atoms with Gasteiger partial charge in [0.1, 0.15) is 12.1 Å². The number of hydrogen-bond acceptors (Lipinski definition) is 5. The zero-order valence-corrected chi connectivity index (χ0v) is 12.0. The highest BCUT2D eigenvalue weighted by Crippen LogP contribution is 2.22. The van der Waals surface area contributed by atoms with E-state index in [-0.39, 0.29) is 5.69 Å². The number of aromatic nitrogens is 4. The Balaban J connectivity index is 2.24. The normalized spacial score (nSPS) is 13.0. The van der Waals surface area contributed by atoms with Crippen LogP contribution in [0.25, 0.3) is 5.69 Å². The third-order valence-electron chi connectivity index (χ3n) is 3.04. The van der Waals surface area contributed by atoms with Crippen LogP contribution in [0.4, 0.5) is 10.1 Å². The highest BCUT2D eigenvalue weighted by Gasteiger charge is 2.28. The van der Waals surface area contributed by atoms with E-state index in [1.807, 2.05) is 20.8 Å². The Hall–Kier alpha value is -2.35. The van der Waals surface area contributed by atoms with Crippen molar-refractivity contribution >= 4 is 11.6 Å². The average Bonchev–Trinajstić information content (AvgIpc) is 2.93. The first-order valence-electron chi connectivity index (χ1n) is 6.38.